The molecule has 1 fully saturated rings. The second-order valence-corrected chi connectivity index (χ2v) is 8.47. The molecule has 2 aromatic rings. The van der Waals surface area contributed by atoms with Crippen molar-refractivity contribution in [3.05, 3.63) is 59.1 Å². The number of fused-ring (bicyclic) bond motifs is 1. The Balaban J connectivity index is 1.50. The summed E-state index contributed by atoms with van der Waals surface area (Å²) in [6, 6.07) is 14.1. The highest BCUT2D eigenvalue weighted by Gasteiger charge is 2.47. The first-order chi connectivity index (χ1) is 12.5. The molecule has 0 spiro atoms. The molecule has 1 aliphatic carbocycles. The molecule has 4 rings (SSSR count). The molecule has 0 bridgehead atoms. The van der Waals surface area contributed by atoms with Crippen LogP contribution in [0.2, 0.25) is 5.02 Å². The van der Waals surface area contributed by atoms with Crippen molar-refractivity contribution in [2.75, 3.05) is 21.7 Å². The predicted octanol–water partition coefficient (Wildman–Crippen LogP) is 2.80. The van der Waals surface area contributed by atoms with Crippen molar-refractivity contribution in [1.29, 1.82) is 0 Å². The van der Waals surface area contributed by atoms with Crippen molar-refractivity contribution in [1.82, 2.24) is 5.32 Å². The molecular formula is C18H18ClN3O3S. The Morgan fingerprint density at radius 2 is 1.73 bits per heavy atom. The van der Waals surface area contributed by atoms with Crippen molar-refractivity contribution in [3.8, 4) is 0 Å². The monoisotopic (exact) mass is 391 g/mol. The quantitative estimate of drug-likeness (QED) is 0.852. The fourth-order valence-corrected chi connectivity index (χ4v) is 5.31. The number of para-hydroxylation sites is 2. The molecule has 1 N–H and O–H groups in total. The molecule has 136 valence electrons. The summed E-state index contributed by atoms with van der Waals surface area (Å²) in [5.41, 5.74) is 1.75. The summed E-state index contributed by atoms with van der Waals surface area (Å²) < 4.78 is 28.8. The van der Waals surface area contributed by atoms with E-state index in [-0.39, 0.29) is 25.0 Å². The molecular weight excluding hydrogens is 374 g/mol. The molecule has 2 aromatic carbocycles. The van der Waals surface area contributed by atoms with Gasteiger partial charge in [-0.25, -0.2) is 8.61 Å². The van der Waals surface area contributed by atoms with E-state index in [0.29, 0.717) is 22.0 Å². The standard InChI is InChI=1S/C18H18ClN3O3S/c19-15-6-2-1-5-14(15)18(23)20-11-12-21-16-7-3-4-8-17(16)22(13-9-10-13)26(21,24)25/h1-8,13H,9-12H2,(H,20,23). The predicted molar refractivity (Wildman–Crippen MR) is 102 cm³/mol. The number of carbonyl (C=O) groups is 1. The van der Waals surface area contributed by atoms with Gasteiger partial charge in [0.15, 0.2) is 0 Å². The summed E-state index contributed by atoms with van der Waals surface area (Å²) in [6.45, 7) is 0.356. The highest BCUT2D eigenvalue weighted by Crippen LogP contribution is 2.46. The average Bonchev–Trinajstić information content (AvgIpc) is 3.41. The molecule has 8 heteroatoms. The molecule has 0 saturated heterocycles. The summed E-state index contributed by atoms with van der Waals surface area (Å²) in [5.74, 6) is -0.320. The van der Waals surface area contributed by atoms with E-state index in [1.165, 1.54) is 8.61 Å². The van der Waals surface area contributed by atoms with E-state index in [1.807, 2.05) is 18.2 Å². The van der Waals surface area contributed by atoms with Gasteiger partial charge in [-0.2, -0.15) is 8.42 Å². The lowest BCUT2D eigenvalue weighted by molar-refractivity contribution is 0.0955. The number of hydrogen-bond donors (Lipinski definition) is 1. The van der Waals surface area contributed by atoms with Gasteiger partial charge in [0, 0.05) is 12.6 Å². The van der Waals surface area contributed by atoms with Crippen LogP contribution >= 0.6 is 11.6 Å². The Morgan fingerprint density at radius 1 is 1.08 bits per heavy atom. The summed E-state index contributed by atoms with van der Waals surface area (Å²) in [7, 11) is -3.61. The van der Waals surface area contributed by atoms with E-state index >= 15 is 0 Å². The van der Waals surface area contributed by atoms with Gasteiger partial charge >= 0.3 is 10.2 Å². The molecule has 0 aromatic heterocycles. The van der Waals surface area contributed by atoms with Crippen LogP contribution < -0.4 is 13.9 Å². The summed E-state index contributed by atoms with van der Waals surface area (Å²) in [4.78, 5) is 12.3. The highest BCUT2D eigenvalue weighted by molar-refractivity contribution is 7.94. The summed E-state index contributed by atoms with van der Waals surface area (Å²) >= 11 is 6.02. The van der Waals surface area contributed by atoms with E-state index in [2.05, 4.69) is 5.32 Å². The SMILES string of the molecule is O=C(NCCN1c2ccccc2N(C2CC2)S1(=O)=O)c1ccccc1Cl. The molecule has 0 unspecified atom stereocenters. The topological polar surface area (TPSA) is 69.7 Å². The van der Waals surface area contributed by atoms with Crippen molar-refractivity contribution in [3.63, 3.8) is 0 Å². The van der Waals surface area contributed by atoms with Crippen molar-refractivity contribution in [2.24, 2.45) is 0 Å². The number of rotatable bonds is 5. The van der Waals surface area contributed by atoms with Gasteiger partial charge in [-0.1, -0.05) is 35.9 Å². The first-order valence-corrected chi connectivity index (χ1v) is 10.2. The normalized spacial score (nSPS) is 17.9. The first-order valence-electron chi connectivity index (χ1n) is 8.44. The molecule has 2 aliphatic rings. The summed E-state index contributed by atoms with van der Waals surface area (Å²) in [6.07, 6.45) is 1.76. The third-order valence-electron chi connectivity index (χ3n) is 4.51. The number of nitrogens with zero attached hydrogens (tertiary/aromatic N) is 2. The van der Waals surface area contributed by atoms with Crippen molar-refractivity contribution in [2.45, 2.75) is 18.9 Å². The van der Waals surface area contributed by atoms with Crippen LogP contribution in [-0.4, -0.2) is 33.5 Å². The van der Waals surface area contributed by atoms with Gasteiger partial charge in [0.05, 0.1) is 28.5 Å². The molecule has 6 nitrogen and oxygen atoms in total. The van der Waals surface area contributed by atoms with Gasteiger partial charge < -0.3 is 5.32 Å². The number of nitrogens with one attached hydrogen (secondary N) is 1. The molecule has 26 heavy (non-hydrogen) atoms. The first kappa shape index (κ1) is 17.2. The molecule has 0 atom stereocenters. The highest BCUT2D eigenvalue weighted by atomic mass is 35.5. The minimum Gasteiger partial charge on any atom is -0.350 e. The van der Waals surface area contributed by atoms with Gasteiger partial charge in [-0.3, -0.25) is 4.79 Å². The van der Waals surface area contributed by atoms with E-state index in [0.717, 1.165) is 12.8 Å². The summed E-state index contributed by atoms with van der Waals surface area (Å²) in [5, 5.41) is 3.11. The maximum absolute atomic E-state index is 12.9. The van der Waals surface area contributed by atoms with E-state index < -0.39 is 10.2 Å². The molecule has 1 amide bonds. The van der Waals surface area contributed by atoms with Crippen LogP contribution in [0.15, 0.2) is 48.5 Å². The van der Waals surface area contributed by atoms with E-state index in [9.17, 15) is 13.2 Å². The molecule has 0 radical (unpaired) electrons. The van der Waals surface area contributed by atoms with Gasteiger partial charge in [0.2, 0.25) is 0 Å². The fourth-order valence-electron chi connectivity index (χ4n) is 3.16. The molecule has 1 aliphatic heterocycles. The third kappa shape index (κ3) is 2.91. The Morgan fingerprint density at radius 3 is 2.42 bits per heavy atom. The Labute approximate surface area is 157 Å². The van der Waals surface area contributed by atoms with E-state index in [4.69, 9.17) is 11.6 Å². The van der Waals surface area contributed by atoms with Gasteiger partial charge in [0.1, 0.15) is 0 Å². The van der Waals surface area contributed by atoms with Gasteiger partial charge in [-0.05, 0) is 37.1 Å². The zero-order valence-electron chi connectivity index (χ0n) is 13.9. The van der Waals surface area contributed by atoms with Crippen molar-refractivity contribution < 1.29 is 13.2 Å². The minimum atomic E-state index is -3.61. The second-order valence-electron chi connectivity index (χ2n) is 6.33. The number of amides is 1. The van der Waals surface area contributed by atoms with Crippen LogP contribution in [0.25, 0.3) is 0 Å². The number of hydrogen-bond acceptors (Lipinski definition) is 3. The van der Waals surface area contributed by atoms with Crippen LogP contribution in [-0.2, 0) is 10.2 Å². The van der Waals surface area contributed by atoms with Gasteiger partial charge in [0.25, 0.3) is 5.91 Å². The Bertz CT molecular complexity index is 960. The smallest absolute Gasteiger partial charge is 0.326 e. The molecule has 1 heterocycles. The number of halogens is 1. The number of carbonyl (C=O) groups excluding carboxylic acids is 1. The lowest BCUT2D eigenvalue weighted by atomic mass is 10.2. The lowest BCUT2D eigenvalue weighted by Gasteiger charge is -2.21. The largest absolute Gasteiger partial charge is 0.350 e. The lowest BCUT2D eigenvalue weighted by Crippen LogP contribution is -2.42. The maximum Gasteiger partial charge on any atom is 0.326 e. The Kier molecular flexibility index (Phi) is 4.28. The van der Waals surface area contributed by atoms with Crippen molar-refractivity contribution >= 4 is 39.1 Å². The van der Waals surface area contributed by atoms with Crippen LogP contribution in [0.1, 0.15) is 23.2 Å². The van der Waals surface area contributed by atoms with Gasteiger partial charge in [-0.15, -0.1) is 0 Å². The third-order valence-corrected chi connectivity index (χ3v) is 6.77. The maximum atomic E-state index is 12.9. The zero-order chi connectivity index (χ0) is 18.3. The van der Waals surface area contributed by atoms with E-state index in [1.54, 1.807) is 30.3 Å². The Hall–Kier alpha value is -2.25. The number of benzene rings is 2. The second kappa shape index (κ2) is 6.48. The fraction of sp³-hybridized carbons (Fsp3) is 0.278. The minimum absolute atomic E-state index is 0.0452. The van der Waals surface area contributed by atoms with Crippen LogP contribution in [0, 0.1) is 0 Å². The molecule has 1 saturated carbocycles. The zero-order valence-corrected chi connectivity index (χ0v) is 15.5. The van der Waals surface area contributed by atoms with Crippen LogP contribution in [0.3, 0.4) is 0 Å². The van der Waals surface area contributed by atoms with Crippen LogP contribution in [0.4, 0.5) is 11.4 Å². The number of anilines is 2. The van der Waals surface area contributed by atoms with Crippen LogP contribution in [0.5, 0.6) is 0 Å². The average molecular weight is 392 g/mol.